The van der Waals surface area contributed by atoms with E-state index < -0.39 is 0 Å². The standard InChI is InChI=1S/C16H22O3/c1-8-5-10-14(3,13-12(8)19-13)15(4)9(2)6-11(18-10)16(15)7-17-16/h5,9-13H,6-7H2,1-4H3/t9-,10?,11?,12+,13+,14-,15-,16-/m1/s1. The quantitative estimate of drug-likeness (QED) is 0.496. The number of epoxide rings is 2. The molecular formula is C16H22O3. The van der Waals surface area contributed by atoms with E-state index in [1.807, 2.05) is 0 Å². The molecule has 3 heteroatoms. The van der Waals surface area contributed by atoms with Crippen LogP contribution in [0.1, 0.15) is 34.1 Å². The maximum atomic E-state index is 6.48. The molecule has 1 spiro atoms. The molecule has 3 heterocycles. The normalized spacial score (nSPS) is 68.4. The summed E-state index contributed by atoms with van der Waals surface area (Å²) in [6.07, 6.45) is 4.60. The maximum absolute atomic E-state index is 6.48. The Hall–Kier alpha value is -0.380. The number of hydrogen-bond acceptors (Lipinski definition) is 3. The summed E-state index contributed by atoms with van der Waals surface area (Å²) >= 11 is 0. The molecule has 3 saturated heterocycles. The van der Waals surface area contributed by atoms with Crippen LogP contribution < -0.4 is 0 Å². The summed E-state index contributed by atoms with van der Waals surface area (Å²) in [5.74, 6) is 0.631. The largest absolute Gasteiger partial charge is 0.367 e. The summed E-state index contributed by atoms with van der Waals surface area (Å²) in [5, 5.41) is 0. The van der Waals surface area contributed by atoms with Crippen LogP contribution >= 0.6 is 0 Å². The van der Waals surface area contributed by atoms with Gasteiger partial charge in [0.2, 0.25) is 0 Å². The minimum absolute atomic E-state index is 0.0206. The third-order valence-corrected chi connectivity index (χ3v) is 7.37. The predicted molar refractivity (Wildman–Crippen MR) is 69.8 cm³/mol. The molecule has 5 rings (SSSR count). The van der Waals surface area contributed by atoms with Gasteiger partial charge in [-0.2, -0.15) is 0 Å². The summed E-state index contributed by atoms with van der Waals surface area (Å²) in [7, 11) is 0. The van der Waals surface area contributed by atoms with Gasteiger partial charge in [-0.15, -0.1) is 0 Å². The van der Waals surface area contributed by atoms with Gasteiger partial charge in [0, 0.05) is 10.8 Å². The van der Waals surface area contributed by atoms with Gasteiger partial charge >= 0.3 is 0 Å². The molecule has 4 fully saturated rings. The van der Waals surface area contributed by atoms with Crippen LogP contribution in [0, 0.1) is 16.7 Å². The zero-order valence-corrected chi connectivity index (χ0v) is 12.1. The Morgan fingerprint density at radius 3 is 2.68 bits per heavy atom. The monoisotopic (exact) mass is 262 g/mol. The second-order valence-corrected chi connectivity index (χ2v) is 7.73. The SMILES string of the molecule is CC1=CC2OC3C[C@@H](C)[C@@](C)([C@@]34CO4)[C@@]2(C)[C@H]2O[C@@H]12. The first-order chi connectivity index (χ1) is 8.95. The lowest BCUT2D eigenvalue weighted by Gasteiger charge is -2.56. The molecule has 1 saturated carbocycles. The molecule has 8 atom stereocenters. The Morgan fingerprint density at radius 2 is 2.00 bits per heavy atom. The molecular weight excluding hydrogens is 240 g/mol. The summed E-state index contributed by atoms with van der Waals surface area (Å²) in [4.78, 5) is 0. The summed E-state index contributed by atoms with van der Waals surface area (Å²) < 4.78 is 18.5. The van der Waals surface area contributed by atoms with Gasteiger partial charge in [0.25, 0.3) is 0 Å². The van der Waals surface area contributed by atoms with Crippen LogP contribution in [0.5, 0.6) is 0 Å². The van der Waals surface area contributed by atoms with Gasteiger partial charge in [0.15, 0.2) is 0 Å². The first-order valence-electron chi connectivity index (χ1n) is 7.58. The van der Waals surface area contributed by atoms with Gasteiger partial charge in [-0.25, -0.2) is 0 Å². The van der Waals surface area contributed by atoms with Crippen molar-refractivity contribution in [1.82, 2.24) is 0 Å². The fraction of sp³-hybridized carbons (Fsp3) is 0.875. The zero-order valence-electron chi connectivity index (χ0n) is 12.1. The third kappa shape index (κ3) is 0.913. The maximum Gasteiger partial charge on any atom is 0.124 e. The van der Waals surface area contributed by atoms with Crippen LogP contribution in [-0.2, 0) is 14.2 Å². The van der Waals surface area contributed by atoms with Crippen LogP contribution in [0.15, 0.2) is 11.6 Å². The molecule has 0 aromatic carbocycles. The van der Waals surface area contributed by atoms with Crippen molar-refractivity contribution in [3.05, 3.63) is 11.6 Å². The van der Waals surface area contributed by atoms with Crippen LogP contribution in [0.25, 0.3) is 0 Å². The van der Waals surface area contributed by atoms with Gasteiger partial charge in [0.05, 0.1) is 24.9 Å². The number of fused-ring (bicyclic) bond motifs is 4. The van der Waals surface area contributed by atoms with Crippen molar-refractivity contribution in [2.45, 2.75) is 64.1 Å². The molecule has 0 amide bonds. The molecule has 5 aliphatic rings. The highest BCUT2D eigenvalue weighted by molar-refractivity contribution is 5.37. The smallest absolute Gasteiger partial charge is 0.124 e. The lowest BCUT2D eigenvalue weighted by molar-refractivity contribution is -0.199. The van der Waals surface area contributed by atoms with Gasteiger partial charge < -0.3 is 14.2 Å². The minimum Gasteiger partial charge on any atom is -0.367 e. The fourth-order valence-corrected chi connectivity index (χ4v) is 5.75. The lowest BCUT2D eigenvalue weighted by atomic mass is 9.50. The highest BCUT2D eigenvalue weighted by atomic mass is 16.6. The molecule has 0 N–H and O–H groups in total. The predicted octanol–water partition coefficient (Wildman–Crippen LogP) is 2.30. The summed E-state index contributed by atoms with van der Waals surface area (Å²) in [6.45, 7) is 10.3. The van der Waals surface area contributed by atoms with Crippen LogP contribution in [-0.4, -0.2) is 36.6 Å². The number of ether oxygens (including phenoxy) is 3. The molecule has 3 aliphatic heterocycles. The van der Waals surface area contributed by atoms with Gasteiger partial charge in [-0.3, -0.25) is 0 Å². The van der Waals surface area contributed by atoms with Crippen LogP contribution in [0.4, 0.5) is 0 Å². The zero-order chi connectivity index (χ0) is 13.2. The van der Waals surface area contributed by atoms with Gasteiger partial charge in [-0.05, 0) is 24.8 Å². The topological polar surface area (TPSA) is 34.3 Å². The van der Waals surface area contributed by atoms with Crippen LogP contribution in [0.2, 0.25) is 0 Å². The van der Waals surface area contributed by atoms with Crippen molar-refractivity contribution in [3.63, 3.8) is 0 Å². The molecule has 3 nitrogen and oxygen atoms in total. The van der Waals surface area contributed by atoms with E-state index in [0.717, 1.165) is 13.0 Å². The molecule has 0 aromatic rings. The van der Waals surface area contributed by atoms with E-state index in [4.69, 9.17) is 14.2 Å². The van der Waals surface area contributed by atoms with E-state index in [9.17, 15) is 0 Å². The lowest BCUT2D eigenvalue weighted by Crippen LogP contribution is -2.65. The second-order valence-electron chi connectivity index (χ2n) is 7.73. The van der Waals surface area contributed by atoms with Crippen LogP contribution in [0.3, 0.4) is 0 Å². The van der Waals surface area contributed by atoms with Gasteiger partial charge in [0.1, 0.15) is 11.7 Å². The van der Waals surface area contributed by atoms with E-state index in [1.165, 1.54) is 5.57 Å². The number of rotatable bonds is 0. The first-order valence-corrected chi connectivity index (χ1v) is 7.58. The molecule has 0 radical (unpaired) electrons. The van der Waals surface area contributed by atoms with E-state index in [0.29, 0.717) is 18.1 Å². The highest BCUT2D eigenvalue weighted by Gasteiger charge is 2.83. The average Bonchev–Trinajstić information content (AvgIpc) is 3.22. The van der Waals surface area contributed by atoms with Crippen molar-refractivity contribution in [1.29, 1.82) is 0 Å². The summed E-state index contributed by atoms with van der Waals surface area (Å²) in [5.41, 5.74) is 1.56. The third-order valence-electron chi connectivity index (χ3n) is 7.37. The van der Waals surface area contributed by atoms with Gasteiger partial charge in [-0.1, -0.05) is 26.8 Å². The fourth-order valence-electron chi connectivity index (χ4n) is 5.75. The second kappa shape index (κ2) is 2.81. The van der Waals surface area contributed by atoms with E-state index >= 15 is 0 Å². The van der Waals surface area contributed by atoms with Crippen molar-refractivity contribution < 1.29 is 14.2 Å². The Balaban J connectivity index is 1.73. The van der Waals surface area contributed by atoms with Crippen molar-refractivity contribution in [2.75, 3.05) is 6.61 Å². The first kappa shape index (κ1) is 11.3. The Bertz CT molecular complexity index is 508. The van der Waals surface area contributed by atoms with E-state index in [1.54, 1.807) is 0 Å². The highest BCUT2D eigenvalue weighted by Crippen LogP contribution is 2.75. The molecule has 0 aromatic heterocycles. The molecule has 2 bridgehead atoms. The Morgan fingerprint density at radius 1 is 1.26 bits per heavy atom. The molecule has 104 valence electrons. The summed E-state index contributed by atoms with van der Waals surface area (Å²) in [6, 6.07) is 0. The minimum atomic E-state index is -0.0206. The van der Waals surface area contributed by atoms with Crippen molar-refractivity contribution >= 4 is 0 Å². The Kier molecular flexibility index (Phi) is 1.67. The molecule has 19 heavy (non-hydrogen) atoms. The van der Waals surface area contributed by atoms with E-state index in [-0.39, 0.29) is 28.6 Å². The van der Waals surface area contributed by atoms with Crippen molar-refractivity contribution in [3.8, 4) is 0 Å². The Labute approximate surface area is 114 Å². The average molecular weight is 262 g/mol. The number of hydrogen-bond donors (Lipinski definition) is 0. The molecule has 2 aliphatic carbocycles. The molecule has 2 unspecified atom stereocenters. The van der Waals surface area contributed by atoms with E-state index in [2.05, 4.69) is 33.8 Å². The van der Waals surface area contributed by atoms with Crippen molar-refractivity contribution in [2.24, 2.45) is 16.7 Å².